The van der Waals surface area contributed by atoms with E-state index in [0.29, 0.717) is 23.7 Å². The predicted octanol–water partition coefficient (Wildman–Crippen LogP) is 5.49. The summed E-state index contributed by atoms with van der Waals surface area (Å²) in [7, 11) is 0. The number of benzene rings is 2. The van der Waals surface area contributed by atoms with Gasteiger partial charge < -0.3 is 9.13 Å². The van der Waals surface area contributed by atoms with Crippen molar-refractivity contribution >= 4 is 23.2 Å². The first kappa shape index (κ1) is 23.0. The van der Waals surface area contributed by atoms with E-state index in [-0.39, 0.29) is 17.2 Å². The zero-order valence-electron chi connectivity index (χ0n) is 19.5. The number of non-ortho nitro benzene ring substituents is 1. The zero-order valence-corrected chi connectivity index (χ0v) is 20.4. The van der Waals surface area contributed by atoms with E-state index >= 15 is 0 Å². The third kappa shape index (κ3) is 4.77. The molecule has 1 aliphatic rings. The lowest BCUT2D eigenvalue weighted by Gasteiger charge is -2.11. The second-order valence-electron chi connectivity index (χ2n) is 8.80. The maximum absolute atomic E-state index is 13.2. The van der Waals surface area contributed by atoms with Crippen molar-refractivity contribution in [3.8, 4) is 5.69 Å². The molecule has 1 aliphatic carbocycles. The average molecular weight is 488 g/mol. The molecule has 0 unspecified atom stereocenters. The molecule has 1 fully saturated rings. The molecule has 0 bridgehead atoms. The highest BCUT2D eigenvalue weighted by Gasteiger charge is 2.30. The van der Waals surface area contributed by atoms with E-state index in [1.165, 1.54) is 29.5 Å². The lowest BCUT2D eigenvalue weighted by atomic mass is 10.2. The van der Waals surface area contributed by atoms with Crippen LogP contribution >= 0.6 is 11.8 Å². The Morgan fingerprint density at radius 3 is 2.57 bits per heavy atom. The number of carbonyl (C=O) groups is 1. The molecule has 2 heterocycles. The molecule has 2 aromatic carbocycles. The van der Waals surface area contributed by atoms with Crippen molar-refractivity contribution in [2.75, 3.05) is 5.75 Å². The van der Waals surface area contributed by atoms with Crippen LogP contribution in [0.3, 0.4) is 0 Å². The van der Waals surface area contributed by atoms with Gasteiger partial charge >= 0.3 is 0 Å². The first-order chi connectivity index (χ1) is 16.9. The van der Waals surface area contributed by atoms with Crippen LogP contribution in [0.15, 0.2) is 65.8 Å². The molecule has 2 aromatic heterocycles. The molecule has 35 heavy (non-hydrogen) atoms. The number of nitrogens with zero attached hydrogens (tertiary/aromatic N) is 5. The molecule has 0 N–H and O–H groups in total. The van der Waals surface area contributed by atoms with Crippen molar-refractivity contribution in [2.24, 2.45) is 0 Å². The number of nitro groups is 1. The maximum atomic E-state index is 13.2. The Morgan fingerprint density at radius 2 is 1.86 bits per heavy atom. The summed E-state index contributed by atoms with van der Waals surface area (Å²) >= 11 is 1.40. The highest BCUT2D eigenvalue weighted by molar-refractivity contribution is 7.99. The fraction of sp³-hybridized carbons (Fsp3) is 0.269. The summed E-state index contributed by atoms with van der Waals surface area (Å²) in [6.45, 7) is 4.44. The van der Waals surface area contributed by atoms with Gasteiger partial charge in [-0.3, -0.25) is 14.9 Å². The summed E-state index contributed by atoms with van der Waals surface area (Å²) in [5.74, 6) is 1.66. The summed E-state index contributed by atoms with van der Waals surface area (Å²) < 4.78 is 4.02. The van der Waals surface area contributed by atoms with Crippen LogP contribution in [0.25, 0.3) is 5.69 Å². The molecule has 5 rings (SSSR count). The molecule has 0 saturated heterocycles. The van der Waals surface area contributed by atoms with E-state index in [4.69, 9.17) is 0 Å². The van der Waals surface area contributed by atoms with Gasteiger partial charge in [-0.15, -0.1) is 10.2 Å². The normalized spacial score (nSPS) is 13.2. The molecule has 8 nitrogen and oxygen atoms in total. The minimum atomic E-state index is -0.415. The predicted molar refractivity (Wildman–Crippen MR) is 134 cm³/mol. The van der Waals surface area contributed by atoms with Crippen molar-refractivity contribution in [3.63, 3.8) is 0 Å². The van der Waals surface area contributed by atoms with Crippen LogP contribution in [0, 0.1) is 24.0 Å². The molecule has 0 atom stereocenters. The van der Waals surface area contributed by atoms with E-state index in [0.717, 1.165) is 35.2 Å². The van der Waals surface area contributed by atoms with Gasteiger partial charge in [0.2, 0.25) is 0 Å². The Balaban J connectivity index is 1.37. The van der Waals surface area contributed by atoms with Gasteiger partial charge in [-0.2, -0.15) is 0 Å². The minimum absolute atomic E-state index is 0.0120. The van der Waals surface area contributed by atoms with E-state index in [9.17, 15) is 14.9 Å². The summed E-state index contributed by atoms with van der Waals surface area (Å²) in [5, 5.41) is 20.8. The molecule has 9 heteroatoms. The van der Waals surface area contributed by atoms with Crippen LogP contribution in [-0.2, 0) is 6.54 Å². The number of rotatable bonds is 9. The summed E-state index contributed by atoms with van der Waals surface area (Å²) in [6, 6.07) is 18.5. The summed E-state index contributed by atoms with van der Waals surface area (Å²) in [4.78, 5) is 24.0. The van der Waals surface area contributed by atoms with E-state index < -0.39 is 4.92 Å². The number of thioether (sulfide) groups is 1. The molecular formula is C26H25N5O3S. The highest BCUT2D eigenvalue weighted by atomic mass is 32.2. The Labute approximate surface area is 207 Å². The number of hydrogen-bond donors (Lipinski definition) is 0. The Bertz CT molecular complexity index is 1410. The standard InChI is InChI=1S/C26H25N5O3S/c1-17-13-23(18(2)30(17)21-9-6-10-22(14-21)31(33)34)24(32)16-35-26-28-27-25(20-11-12-20)29(26)15-19-7-4-3-5-8-19/h3-10,13-14,20H,11-12,15-16H2,1-2H3. The van der Waals surface area contributed by atoms with Crippen molar-refractivity contribution in [2.45, 2.75) is 44.3 Å². The van der Waals surface area contributed by atoms with Crippen molar-refractivity contribution in [1.82, 2.24) is 19.3 Å². The molecule has 0 radical (unpaired) electrons. The first-order valence-corrected chi connectivity index (χ1v) is 12.5. The lowest BCUT2D eigenvalue weighted by molar-refractivity contribution is -0.384. The number of nitro benzene ring substituents is 1. The van der Waals surface area contributed by atoms with Crippen LogP contribution in [0.2, 0.25) is 0 Å². The largest absolute Gasteiger partial charge is 0.318 e. The highest BCUT2D eigenvalue weighted by Crippen LogP contribution is 2.40. The summed E-state index contributed by atoms with van der Waals surface area (Å²) in [6.07, 6.45) is 2.25. The molecule has 0 amide bonds. The number of aromatic nitrogens is 4. The van der Waals surface area contributed by atoms with Crippen molar-refractivity contribution < 1.29 is 9.72 Å². The van der Waals surface area contributed by atoms with Gasteiger partial charge in [0.25, 0.3) is 5.69 Å². The molecular weight excluding hydrogens is 462 g/mol. The number of hydrogen-bond acceptors (Lipinski definition) is 6. The van der Waals surface area contributed by atoms with Gasteiger partial charge in [0, 0.05) is 35.0 Å². The Morgan fingerprint density at radius 1 is 1.09 bits per heavy atom. The van der Waals surface area contributed by atoms with Gasteiger partial charge in [0.1, 0.15) is 5.82 Å². The monoisotopic (exact) mass is 487 g/mol. The minimum Gasteiger partial charge on any atom is -0.318 e. The van der Waals surface area contributed by atoms with Crippen LogP contribution in [0.4, 0.5) is 5.69 Å². The van der Waals surface area contributed by atoms with Gasteiger partial charge in [0.05, 0.1) is 22.9 Å². The molecule has 0 aliphatic heterocycles. The number of aryl methyl sites for hydroxylation is 1. The van der Waals surface area contributed by atoms with Crippen LogP contribution in [0.5, 0.6) is 0 Å². The first-order valence-electron chi connectivity index (χ1n) is 11.5. The van der Waals surface area contributed by atoms with Crippen LogP contribution in [0.1, 0.15) is 51.9 Å². The van der Waals surface area contributed by atoms with Gasteiger partial charge in [-0.05, 0) is 44.4 Å². The maximum Gasteiger partial charge on any atom is 0.271 e. The van der Waals surface area contributed by atoms with E-state index in [2.05, 4.69) is 26.9 Å². The number of ketones is 1. The molecule has 1 saturated carbocycles. The number of carbonyl (C=O) groups excluding carboxylic acids is 1. The fourth-order valence-electron chi connectivity index (χ4n) is 4.36. The topological polar surface area (TPSA) is 95.8 Å². The summed E-state index contributed by atoms with van der Waals surface area (Å²) in [5.41, 5.74) is 4.07. The Hall–Kier alpha value is -3.72. The van der Waals surface area contributed by atoms with Crippen LogP contribution < -0.4 is 0 Å². The van der Waals surface area contributed by atoms with Crippen molar-refractivity contribution in [3.05, 3.63) is 99.1 Å². The second-order valence-corrected chi connectivity index (χ2v) is 9.74. The number of Topliss-reactive ketones (excluding diaryl/α,β-unsaturated/α-hetero) is 1. The third-order valence-corrected chi connectivity index (χ3v) is 7.20. The smallest absolute Gasteiger partial charge is 0.271 e. The van der Waals surface area contributed by atoms with E-state index in [1.54, 1.807) is 6.07 Å². The quantitative estimate of drug-likeness (QED) is 0.134. The zero-order chi connectivity index (χ0) is 24.5. The van der Waals surface area contributed by atoms with Gasteiger partial charge in [0.15, 0.2) is 10.9 Å². The van der Waals surface area contributed by atoms with Gasteiger partial charge in [-0.1, -0.05) is 48.2 Å². The second kappa shape index (κ2) is 9.50. The Kier molecular flexibility index (Phi) is 6.25. The fourth-order valence-corrected chi connectivity index (χ4v) is 5.19. The SMILES string of the molecule is Cc1cc(C(=O)CSc2nnc(C3CC3)n2Cc2ccccc2)c(C)n1-c1cccc([N+](=O)[O-])c1. The molecule has 178 valence electrons. The average Bonchev–Trinajstić information content (AvgIpc) is 3.56. The third-order valence-electron chi connectivity index (χ3n) is 6.23. The van der Waals surface area contributed by atoms with Crippen LogP contribution in [-0.4, -0.2) is 35.8 Å². The van der Waals surface area contributed by atoms with E-state index in [1.807, 2.05) is 48.7 Å². The van der Waals surface area contributed by atoms with Crippen molar-refractivity contribution in [1.29, 1.82) is 0 Å². The molecule has 4 aromatic rings. The molecule has 0 spiro atoms. The lowest BCUT2D eigenvalue weighted by Crippen LogP contribution is -2.09. The van der Waals surface area contributed by atoms with Gasteiger partial charge in [-0.25, -0.2) is 0 Å².